The molecule has 1 aliphatic rings. The molecule has 1 amide bonds. The first-order chi connectivity index (χ1) is 10.9. The highest BCUT2D eigenvalue weighted by molar-refractivity contribution is 7.89. The molecule has 1 atom stereocenters. The number of likely N-dealkylation sites (tertiary alicyclic amines) is 1. The Hall–Kier alpha value is -1.61. The smallest absolute Gasteiger partial charge is 0.246 e. The second-order valence-corrected chi connectivity index (χ2v) is 7.14. The molecule has 0 aliphatic carbocycles. The van der Waals surface area contributed by atoms with Crippen LogP contribution in [0.15, 0.2) is 29.2 Å². The third-order valence-electron chi connectivity index (χ3n) is 3.70. The molecule has 2 rings (SSSR count). The number of carbonyl (C=O) groups is 1. The van der Waals surface area contributed by atoms with Crippen molar-refractivity contribution in [3.8, 4) is 5.75 Å². The van der Waals surface area contributed by atoms with E-state index >= 15 is 0 Å². The van der Waals surface area contributed by atoms with Crippen molar-refractivity contribution in [1.82, 2.24) is 9.62 Å². The van der Waals surface area contributed by atoms with Crippen molar-refractivity contribution in [2.24, 2.45) is 5.73 Å². The number of nitrogens with zero attached hydrogens (tertiary/aromatic N) is 1. The van der Waals surface area contributed by atoms with Gasteiger partial charge in [-0.2, -0.15) is 0 Å². The summed E-state index contributed by atoms with van der Waals surface area (Å²) in [6.07, 6.45) is 3.81. The molecule has 3 N–H and O–H groups in total. The van der Waals surface area contributed by atoms with Gasteiger partial charge in [0.1, 0.15) is 10.6 Å². The van der Waals surface area contributed by atoms with E-state index in [1.165, 1.54) is 26.3 Å². The van der Waals surface area contributed by atoms with Crippen LogP contribution in [0.5, 0.6) is 5.75 Å². The van der Waals surface area contributed by atoms with Crippen molar-refractivity contribution in [2.75, 3.05) is 27.2 Å². The molecule has 7 nitrogen and oxygen atoms in total. The van der Waals surface area contributed by atoms with E-state index in [2.05, 4.69) is 4.72 Å². The second-order valence-electron chi connectivity index (χ2n) is 5.28. The quantitative estimate of drug-likeness (QED) is 0.734. The number of sulfonamides is 1. The second kappa shape index (κ2) is 8.48. The molecule has 1 aromatic rings. The Morgan fingerprint density at radius 2 is 2.17 bits per heavy atom. The van der Waals surface area contributed by atoms with Crippen LogP contribution in [0.2, 0.25) is 0 Å². The summed E-state index contributed by atoms with van der Waals surface area (Å²) < 4.78 is 31.4. The lowest BCUT2D eigenvalue weighted by atomic mass is 10.2. The molecule has 0 saturated carbocycles. The number of nitrogens with two attached hydrogens (primary N) is 1. The minimum atomic E-state index is -3.65. The van der Waals surface area contributed by atoms with Gasteiger partial charge < -0.3 is 15.4 Å². The Bertz CT molecular complexity index is 721. The van der Waals surface area contributed by atoms with Crippen LogP contribution in [-0.2, 0) is 14.8 Å². The molecule has 0 bridgehead atoms. The van der Waals surface area contributed by atoms with Crippen LogP contribution in [0.1, 0.15) is 12.0 Å². The van der Waals surface area contributed by atoms with E-state index in [1.807, 2.05) is 0 Å². The third kappa shape index (κ3) is 4.70. The first-order valence-corrected chi connectivity index (χ1v) is 8.70. The largest absolute Gasteiger partial charge is 0.495 e. The van der Waals surface area contributed by atoms with E-state index in [-0.39, 0.29) is 35.0 Å². The highest BCUT2D eigenvalue weighted by Gasteiger charge is 2.22. The predicted molar refractivity (Wildman–Crippen MR) is 94.7 cm³/mol. The molecule has 9 heteroatoms. The van der Waals surface area contributed by atoms with Gasteiger partial charge in [-0.3, -0.25) is 4.79 Å². The van der Waals surface area contributed by atoms with E-state index in [0.29, 0.717) is 18.7 Å². The molecule has 0 aromatic heterocycles. The normalized spacial score (nSPS) is 17.8. The summed E-state index contributed by atoms with van der Waals surface area (Å²) in [6, 6.07) is 4.73. The number of rotatable bonds is 5. The fourth-order valence-corrected chi connectivity index (χ4v) is 3.30. The number of amides is 1. The SMILES string of the molecule is CNS(=O)(=O)c1cc(/C=C/C(=O)N2CCC(N)C2)ccc1OC.Cl. The van der Waals surface area contributed by atoms with Crippen LogP contribution < -0.4 is 15.2 Å². The summed E-state index contributed by atoms with van der Waals surface area (Å²) in [5.41, 5.74) is 6.37. The Balaban J connectivity index is 0.00000288. The molecule has 1 aromatic carbocycles. The summed E-state index contributed by atoms with van der Waals surface area (Å²) >= 11 is 0. The molecule has 0 radical (unpaired) electrons. The van der Waals surface area contributed by atoms with Gasteiger partial charge in [0.05, 0.1) is 7.11 Å². The molecule has 134 valence electrons. The lowest BCUT2D eigenvalue weighted by molar-refractivity contribution is -0.124. The minimum absolute atomic E-state index is 0. The number of nitrogens with one attached hydrogen (secondary N) is 1. The van der Waals surface area contributed by atoms with Crippen LogP contribution in [0.4, 0.5) is 0 Å². The molecular weight excluding hydrogens is 354 g/mol. The van der Waals surface area contributed by atoms with Crippen LogP contribution in [-0.4, -0.2) is 52.5 Å². The van der Waals surface area contributed by atoms with Gasteiger partial charge in [-0.05, 0) is 37.2 Å². The van der Waals surface area contributed by atoms with Crippen molar-refractivity contribution >= 4 is 34.4 Å². The highest BCUT2D eigenvalue weighted by atomic mass is 35.5. The maximum atomic E-state index is 12.1. The lowest BCUT2D eigenvalue weighted by Crippen LogP contribution is -2.30. The van der Waals surface area contributed by atoms with Crippen LogP contribution >= 0.6 is 12.4 Å². The average molecular weight is 376 g/mol. The molecular formula is C15H22ClN3O4S. The Morgan fingerprint density at radius 1 is 1.46 bits per heavy atom. The molecule has 1 fully saturated rings. The molecule has 24 heavy (non-hydrogen) atoms. The fraction of sp³-hybridized carbons (Fsp3) is 0.400. The van der Waals surface area contributed by atoms with Crippen molar-refractivity contribution in [1.29, 1.82) is 0 Å². The van der Waals surface area contributed by atoms with Gasteiger partial charge in [0.2, 0.25) is 15.9 Å². The Morgan fingerprint density at radius 3 is 2.71 bits per heavy atom. The number of methoxy groups -OCH3 is 1. The van der Waals surface area contributed by atoms with Crippen molar-refractivity contribution in [3.05, 3.63) is 29.8 Å². The zero-order chi connectivity index (χ0) is 17.0. The average Bonchev–Trinajstić information content (AvgIpc) is 2.98. The van der Waals surface area contributed by atoms with E-state index in [1.54, 1.807) is 23.1 Å². The molecule has 1 aliphatic heterocycles. The number of hydrogen-bond donors (Lipinski definition) is 2. The van der Waals surface area contributed by atoms with E-state index in [9.17, 15) is 13.2 Å². The van der Waals surface area contributed by atoms with Gasteiger partial charge in [0, 0.05) is 25.2 Å². The molecule has 0 spiro atoms. The van der Waals surface area contributed by atoms with Gasteiger partial charge in [-0.15, -0.1) is 12.4 Å². The van der Waals surface area contributed by atoms with E-state index in [0.717, 1.165) is 6.42 Å². The fourth-order valence-electron chi connectivity index (χ4n) is 2.38. The Kier molecular flexibility index (Phi) is 7.22. The lowest BCUT2D eigenvalue weighted by Gasteiger charge is -2.13. The monoisotopic (exact) mass is 375 g/mol. The highest BCUT2D eigenvalue weighted by Crippen LogP contribution is 2.25. The molecule has 1 saturated heterocycles. The standard InChI is InChI=1S/C15H21N3O4S.ClH/c1-17-23(20,21)14-9-11(3-5-13(14)22-2)4-6-15(19)18-8-7-12(16)10-18;/h3-6,9,12,17H,7-8,10,16H2,1-2H3;1H/b6-4+;. The first-order valence-electron chi connectivity index (χ1n) is 7.21. The molecule has 1 unspecified atom stereocenters. The van der Waals surface area contributed by atoms with Crippen LogP contribution in [0, 0.1) is 0 Å². The summed E-state index contributed by atoms with van der Waals surface area (Å²) in [5, 5.41) is 0. The summed E-state index contributed by atoms with van der Waals surface area (Å²) in [4.78, 5) is 13.8. The van der Waals surface area contributed by atoms with Crippen molar-refractivity contribution < 1.29 is 17.9 Å². The zero-order valence-electron chi connectivity index (χ0n) is 13.6. The van der Waals surface area contributed by atoms with Crippen molar-refractivity contribution in [2.45, 2.75) is 17.4 Å². The number of carbonyl (C=O) groups excluding carboxylic acids is 1. The topological polar surface area (TPSA) is 102 Å². The number of benzene rings is 1. The summed E-state index contributed by atoms with van der Waals surface area (Å²) in [6.45, 7) is 1.19. The number of halogens is 1. The van der Waals surface area contributed by atoms with Crippen LogP contribution in [0.3, 0.4) is 0 Å². The van der Waals surface area contributed by atoms with E-state index in [4.69, 9.17) is 10.5 Å². The van der Waals surface area contributed by atoms with E-state index < -0.39 is 10.0 Å². The molecule has 1 heterocycles. The minimum Gasteiger partial charge on any atom is -0.495 e. The number of ether oxygens (including phenoxy) is 1. The first kappa shape index (κ1) is 20.4. The van der Waals surface area contributed by atoms with Crippen LogP contribution in [0.25, 0.3) is 6.08 Å². The van der Waals surface area contributed by atoms with Gasteiger partial charge >= 0.3 is 0 Å². The Labute approximate surface area is 148 Å². The third-order valence-corrected chi connectivity index (χ3v) is 5.14. The van der Waals surface area contributed by atoms with Gasteiger partial charge in [-0.25, -0.2) is 13.1 Å². The maximum Gasteiger partial charge on any atom is 0.246 e. The zero-order valence-corrected chi connectivity index (χ0v) is 15.2. The van der Waals surface area contributed by atoms with Gasteiger partial charge in [0.25, 0.3) is 0 Å². The summed E-state index contributed by atoms with van der Waals surface area (Å²) in [5.74, 6) is 0.111. The van der Waals surface area contributed by atoms with Crippen molar-refractivity contribution in [3.63, 3.8) is 0 Å². The summed E-state index contributed by atoms with van der Waals surface area (Å²) in [7, 11) is -0.912. The maximum absolute atomic E-state index is 12.1. The van der Waals surface area contributed by atoms with Gasteiger partial charge in [0.15, 0.2) is 0 Å². The predicted octanol–water partition coefficient (Wildman–Crippen LogP) is 0.598. The number of hydrogen-bond acceptors (Lipinski definition) is 5. The van der Waals surface area contributed by atoms with Gasteiger partial charge in [-0.1, -0.05) is 6.07 Å².